The Morgan fingerprint density at radius 1 is 1.33 bits per heavy atom. The molecule has 0 saturated heterocycles. The maximum absolute atomic E-state index is 14.2. The second-order valence-corrected chi connectivity index (χ2v) is 6.12. The van der Waals surface area contributed by atoms with Crippen LogP contribution in [0.15, 0.2) is 27.9 Å². The molecular formula is C16H14ClFN4O2. The molecule has 0 aliphatic carbocycles. The third-order valence-corrected chi connectivity index (χ3v) is 3.90. The van der Waals surface area contributed by atoms with E-state index < -0.39 is 17.1 Å². The van der Waals surface area contributed by atoms with Crippen molar-refractivity contribution >= 4 is 22.6 Å². The number of rotatable bonds is 2. The summed E-state index contributed by atoms with van der Waals surface area (Å²) >= 11 is 5.84. The topological polar surface area (TPSA) is 80.6 Å². The summed E-state index contributed by atoms with van der Waals surface area (Å²) < 4.78 is 15.4. The highest BCUT2D eigenvalue weighted by atomic mass is 35.5. The van der Waals surface area contributed by atoms with Gasteiger partial charge in [0.05, 0.1) is 11.4 Å². The van der Waals surface area contributed by atoms with Crippen LogP contribution in [0.1, 0.15) is 31.0 Å². The third-order valence-electron chi connectivity index (χ3n) is 3.71. The molecule has 3 aromatic heterocycles. The lowest BCUT2D eigenvalue weighted by molar-refractivity contribution is 0.635. The van der Waals surface area contributed by atoms with Crippen molar-refractivity contribution in [1.29, 1.82) is 0 Å². The van der Waals surface area contributed by atoms with Crippen LogP contribution in [0, 0.1) is 12.7 Å². The molecule has 0 saturated carbocycles. The Balaban J connectivity index is 2.59. The Morgan fingerprint density at radius 2 is 2.04 bits per heavy atom. The van der Waals surface area contributed by atoms with Crippen LogP contribution >= 0.6 is 11.6 Å². The number of aryl methyl sites for hydroxylation is 1. The first-order valence-corrected chi connectivity index (χ1v) is 7.66. The number of hydrogen-bond donors (Lipinski definition) is 1. The number of aromatic nitrogens is 4. The summed E-state index contributed by atoms with van der Waals surface area (Å²) in [5.74, 6) is -0.842. The standard InChI is InChI=1S/C16H14ClFN4O2/c1-7(2)12-13(8(3)4-5-19-12)22-14-11(15(23)21-16(22)24)9(18)6-10(17)20-14/h4-7H,1-3H3,(H,21,23,24). The number of aromatic amines is 1. The number of H-pyrrole nitrogens is 1. The van der Waals surface area contributed by atoms with Crippen molar-refractivity contribution in [3.63, 3.8) is 0 Å². The molecule has 6 nitrogen and oxygen atoms in total. The zero-order valence-electron chi connectivity index (χ0n) is 13.2. The van der Waals surface area contributed by atoms with Gasteiger partial charge in [0.15, 0.2) is 5.65 Å². The summed E-state index contributed by atoms with van der Waals surface area (Å²) in [5, 5.41) is -0.469. The van der Waals surface area contributed by atoms with Crippen LogP contribution in [-0.2, 0) is 0 Å². The Labute approximate surface area is 141 Å². The predicted molar refractivity (Wildman–Crippen MR) is 89.5 cm³/mol. The van der Waals surface area contributed by atoms with Gasteiger partial charge in [0.1, 0.15) is 16.4 Å². The van der Waals surface area contributed by atoms with Crippen LogP contribution in [0.5, 0.6) is 0 Å². The minimum atomic E-state index is -0.847. The molecule has 0 unspecified atom stereocenters. The summed E-state index contributed by atoms with van der Waals surface area (Å²) in [6.07, 6.45) is 1.63. The lowest BCUT2D eigenvalue weighted by atomic mass is 10.0. The molecule has 3 rings (SSSR count). The van der Waals surface area contributed by atoms with Gasteiger partial charge in [0, 0.05) is 12.3 Å². The largest absolute Gasteiger partial charge is 0.334 e. The summed E-state index contributed by atoms with van der Waals surface area (Å²) in [4.78, 5) is 35.0. The van der Waals surface area contributed by atoms with E-state index in [1.807, 2.05) is 13.8 Å². The van der Waals surface area contributed by atoms with Crippen molar-refractivity contribution < 1.29 is 4.39 Å². The SMILES string of the molecule is Cc1ccnc(C(C)C)c1-n1c(=O)[nH]c(=O)c2c(F)cc(Cl)nc21. The summed E-state index contributed by atoms with van der Waals surface area (Å²) in [6, 6.07) is 2.67. The number of hydrogen-bond acceptors (Lipinski definition) is 4. The number of pyridine rings is 2. The van der Waals surface area contributed by atoms with Crippen LogP contribution in [0.4, 0.5) is 4.39 Å². The third kappa shape index (κ3) is 2.50. The maximum Gasteiger partial charge on any atom is 0.334 e. The molecule has 1 N–H and O–H groups in total. The monoisotopic (exact) mass is 348 g/mol. The van der Waals surface area contributed by atoms with Gasteiger partial charge in [-0.05, 0) is 24.5 Å². The molecule has 8 heteroatoms. The summed E-state index contributed by atoms with van der Waals surface area (Å²) in [5.41, 5.74) is 0.138. The fraction of sp³-hybridized carbons (Fsp3) is 0.250. The van der Waals surface area contributed by atoms with Gasteiger partial charge in [-0.1, -0.05) is 25.4 Å². The van der Waals surface area contributed by atoms with Crippen molar-refractivity contribution in [2.45, 2.75) is 26.7 Å². The van der Waals surface area contributed by atoms with Crippen molar-refractivity contribution in [3.8, 4) is 5.69 Å². The molecule has 3 aromatic rings. The first-order valence-electron chi connectivity index (χ1n) is 7.28. The molecular weight excluding hydrogens is 335 g/mol. The molecule has 0 aromatic carbocycles. The van der Waals surface area contributed by atoms with Gasteiger partial charge in [-0.25, -0.2) is 18.7 Å². The van der Waals surface area contributed by atoms with Crippen LogP contribution in [0.2, 0.25) is 5.15 Å². The minimum absolute atomic E-state index is 0.00203. The van der Waals surface area contributed by atoms with Gasteiger partial charge in [0.2, 0.25) is 0 Å². The van der Waals surface area contributed by atoms with Crippen molar-refractivity contribution in [2.24, 2.45) is 0 Å². The molecule has 3 heterocycles. The second kappa shape index (κ2) is 5.83. The number of nitrogens with one attached hydrogen (secondary N) is 1. The van der Waals surface area contributed by atoms with Gasteiger partial charge in [-0.3, -0.25) is 14.8 Å². The Hall–Kier alpha value is -2.54. The van der Waals surface area contributed by atoms with Crippen LogP contribution in [-0.4, -0.2) is 19.5 Å². The van der Waals surface area contributed by atoms with Gasteiger partial charge < -0.3 is 0 Å². The molecule has 0 bridgehead atoms. The molecule has 0 aliphatic rings. The van der Waals surface area contributed by atoms with Gasteiger partial charge >= 0.3 is 5.69 Å². The molecule has 0 aliphatic heterocycles. The van der Waals surface area contributed by atoms with Crippen molar-refractivity contribution in [3.05, 3.63) is 61.4 Å². The summed E-state index contributed by atoms with van der Waals surface area (Å²) in [7, 11) is 0. The van der Waals surface area contributed by atoms with E-state index in [1.54, 1.807) is 19.2 Å². The molecule has 0 atom stereocenters. The van der Waals surface area contributed by atoms with Gasteiger partial charge in [0.25, 0.3) is 5.56 Å². The lowest BCUT2D eigenvalue weighted by Gasteiger charge is -2.17. The second-order valence-electron chi connectivity index (χ2n) is 5.74. The maximum atomic E-state index is 14.2. The van der Waals surface area contributed by atoms with E-state index >= 15 is 0 Å². The highest BCUT2D eigenvalue weighted by Gasteiger charge is 2.20. The first kappa shape index (κ1) is 16.3. The molecule has 0 amide bonds. The fourth-order valence-electron chi connectivity index (χ4n) is 2.65. The van der Waals surface area contributed by atoms with E-state index in [0.717, 1.165) is 16.2 Å². The Bertz CT molecular complexity index is 1070. The quantitative estimate of drug-likeness (QED) is 0.722. The van der Waals surface area contributed by atoms with Gasteiger partial charge in [-0.2, -0.15) is 0 Å². The molecule has 0 radical (unpaired) electrons. The zero-order chi connectivity index (χ0) is 17.6. The number of fused-ring (bicyclic) bond motifs is 1. The lowest BCUT2D eigenvalue weighted by Crippen LogP contribution is -2.31. The van der Waals surface area contributed by atoms with Crippen LogP contribution < -0.4 is 11.2 Å². The minimum Gasteiger partial charge on any atom is -0.273 e. The van der Waals surface area contributed by atoms with E-state index in [0.29, 0.717) is 11.4 Å². The molecule has 0 fully saturated rings. The van der Waals surface area contributed by atoms with E-state index in [4.69, 9.17) is 11.6 Å². The molecule has 124 valence electrons. The van der Waals surface area contributed by atoms with E-state index in [1.165, 1.54) is 0 Å². The Kier molecular flexibility index (Phi) is 3.96. The van der Waals surface area contributed by atoms with Gasteiger partial charge in [-0.15, -0.1) is 0 Å². The Morgan fingerprint density at radius 3 is 2.71 bits per heavy atom. The van der Waals surface area contributed by atoms with Crippen LogP contribution in [0.3, 0.4) is 0 Å². The first-order chi connectivity index (χ1) is 11.3. The van der Waals surface area contributed by atoms with Crippen molar-refractivity contribution in [1.82, 2.24) is 19.5 Å². The average molecular weight is 349 g/mol. The van der Waals surface area contributed by atoms with E-state index in [9.17, 15) is 14.0 Å². The average Bonchev–Trinajstić information content (AvgIpc) is 2.47. The smallest absolute Gasteiger partial charge is 0.273 e. The van der Waals surface area contributed by atoms with E-state index in [2.05, 4.69) is 15.0 Å². The predicted octanol–water partition coefficient (Wildman–Crippen LogP) is 2.69. The number of nitrogens with zero attached hydrogens (tertiary/aromatic N) is 3. The molecule has 0 spiro atoms. The summed E-state index contributed by atoms with van der Waals surface area (Å²) in [6.45, 7) is 5.64. The van der Waals surface area contributed by atoms with Crippen molar-refractivity contribution in [2.75, 3.05) is 0 Å². The number of halogens is 2. The van der Waals surface area contributed by atoms with E-state index in [-0.39, 0.29) is 22.1 Å². The highest BCUT2D eigenvalue weighted by molar-refractivity contribution is 6.29. The highest BCUT2D eigenvalue weighted by Crippen LogP contribution is 2.25. The fourth-order valence-corrected chi connectivity index (χ4v) is 2.82. The zero-order valence-corrected chi connectivity index (χ0v) is 14.0. The molecule has 24 heavy (non-hydrogen) atoms. The van der Waals surface area contributed by atoms with Crippen LogP contribution in [0.25, 0.3) is 16.7 Å². The normalized spacial score (nSPS) is 11.4.